The maximum absolute atomic E-state index is 6.31. The van der Waals surface area contributed by atoms with Crippen LogP contribution < -0.4 is 4.74 Å². The Labute approximate surface area is 193 Å². The van der Waals surface area contributed by atoms with Crippen LogP contribution in [-0.2, 0) is 16.1 Å². The number of rotatable bonds is 6. The Kier molecular flexibility index (Phi) is 5.85. The van der Waals surface area contributed by atoms with Crippen LogP contribution in [0.5, 0.6) is 5.75 Å². The number of nitrogens with zero attached hydrogens (tertiary/aromatic N) is 1. The van der Waals surface area contributed by atoms with Crippen LogP contribution in [0.4, 0.5) is 0 Å². The summed E-state index contributed by atoms with van der Waals surface area (Å²) in [5.41, 5.74) is 6.79. The molecule has 1 aliphatic carbocycles. The largest absolute Gasteiger partial charge is 0.488 e. The summed E-state index contributed by atoms with van der Waals surface area (Å²) >= 11 is 0. The molecule has 0 saturated heterocycles. The topological polar surface area (TPSA) is 56.4 Å². The standard InChI is InChI=1S/C28H26N2O3/c1-19-13-14-24(32-16-21-9-5-3-6-10-21)23(15-19)28-27(20(2)29-30-28)26-18-31-17-25(33-26)22-11-7-4-8-12-22/h3-7,9-11,13-15,17-18H,8,12,16H2,1-2H3,(H,29,30). The zero-order chi connectivity index (χ0) is 22.6. The van der Waals surface area contributed by atoms with Gasteiger partial charge in [-0.2, -0.15) is 5.10 Å². The molecule has 0 saturated carbocycles. The monoisotopic (exact) mass is 438 g/mol. The zero-order valence-electron chi connectivity index (χ0n) is 18.8. The van der Waals surface area contributed by atoms with Crippen molar-refractivity contribution in [3.05, 3.63) is 113 Å². The summed E-state index contributed by atoms with van der Waals surface area (Å²) in [6, 6.07) is 16.3. The van der Waals surface area contributed by atoms with Gasteiger partial charge in [0.1, 0.15) is 30.6 Å². The highest BCUT2D eigenvalue weighted by Crippen LogP contribution is 2.39. The summed E-state index contributed by atoms with van der Waals surface area (Å²) < 4.78 is 18.2. The summed E-state index contributed by atoms with van der Waals surface area (Å²) in [6.07, 6.45) is 11.5. The second-order valence-electron chi connectivity index (χ2n) is 8.21. The van der Waals surface area contributed by atoms with Gasteiger partial charge in [-0.1, -0.05) is 60.2 Å². The van der Waals surface area contributed by atoms with Crippen LogP contribution in [0.15, 0.2) is 90.6 Å². The molecule has 0 radical (unpaired) electrons. The first kappa shape index (κ1) is 20.9. The van der Waals surface area contributed by atoms with E-state index in [1.807, 2.05) is 37.3 Å². The third-order valence-corrected chi connectivity index (χ3v) is 5.72. The fourth-order valence-electron chi connectivity index (χ4n) is 4.00. The number of nitrogens with one attached hydrogen (secondary N) is 1. The third-order valence-electron chi connectivity index (χ3n) is 5.72. The van der Waals surface area contributed by atoms with Crippen molar-refractivity contribution in [2.75, 3.05) is 0 Å². The molecule has 33 heavy (non-hydrogen) atoms. The lowest BCUT2D eigenvalue weighted by atomic mass is 10.0. The van der Waals surface area contributed by atoms with Crippen molar-refractivity contribution < 1.29 is 14.2 Å². The Bertz CT molecular complexity index is 1280. The van der Waals surface area contributed by atoms with Crippen LogP contribution in [0.3, 0.4) is 0 Å². The molecule has 2 aliphatic rings. The van der Waals surface area contributed by atoms with Gasteiger partial charge in [0.05, 0.1) is 5.56 Å². The molecule has 0 fully saturated rings. The molecule has 5 heteroatoms. The quantitative estimate of drug-likeness (QED) is 0.463. The maximum atomic E-state index is 6.31. The van der Waals surface area contributed by atoms with E-state index < -0.39 is 0 Å². The summed E-state index contributed by atoms with van der Waals surface area (Å²) in [5.74, 6) is 2.12. The lowest BCUT2D eigenvalue weighted by Crippen LogP contribution is -2.05. The van der Waals surface area contributed by atoms with Crippen LogP contribution in [0.25, 0.3) is 17.0 Å². The van der Waals surface area contributed by atoms with Gasteiger partial charge in [0.2, 0.25) is 0 Å². The number of aryl methyl sites for hydroxylation is 2. The van der Waals surface area contributed by atoms with Crippen LogP contribution in [0, 0.1) is 13.8 Å². The minimum absolute atomic E-state index is 0.479. The van der Waals surface area contributed by atoms with Crippen molar-refractivity contribution in [3.63, 3.8) is 0 Å². The number of hydrogen-bond donors (Lipinski definition) is 1. The first-order chi connectivity index (χ1) is 16.2. The summed E-state index contributed by atoms with van der Waals surface area (Å²) in [7, 11) is 0. The Balaban J connectivity index is 1.47. The van der Waals surface area contributed by atoms with Crippen molar-refractivity contribution in [2.45, 2.75) is 33.3 Å². The normalized spacial score (nSPS) is 15.2. The zero-order valence-corrected chi connectivity index (χ0v) is 18.8. The number of hydrogen-bond acceptors (Lipinski definition) is 4. The fourth-order valence-corrected chi connectivity index (χ4v) is 4.00. The van der Waals surface area contributed by atoms with Crippen LogP contribution in [0.2, 0.25) is 0 Å². The van der Waals surface area contributed by atoms with Crippen molar-refractivity contribution >= 4 is 5.76 Å². The third kappa shape index (κ3) is 4.48. The molecule has 166 valence electrons. The van der Waals surface area contributed by atoms with Gasteiger partial charge in [-0.05, 0) is 50.0 Å². The highest BCUT2D eigenvalue weighted by atomic mass is 16.5. The Morgan fingerprint density at radius 3 is 2.70 bits per heavy atom. The van der Waals surface area contributed by atoms with Crippen molar-refractivity contribution in [3.8, 4) is 17.0 Å². The van der Waals surface area contributed by atoms with E-state index in [0.29, 0.717) is 12.4 Å². The highest BCUT2D eigenvalue weighted by Gasteiger charge is 2.25. The number of ether oxygens (including phenoxy) is 3. The number of H-pyrrole nitrogens is 1. The molecule has 5 nitrogen and oxygen atoms in total. The Hall–Kier alpha value is -3.99. The van der Waals surface area contributed by atoms with Crippen molar-refractivity contribution in [1.29, 1.82) is 0 Å². The van der Waals surface area contributed by atoms with Gasteiger partial charge in [0.25, 0.3) is 0 Å². The average Bonchev–Trinajstić information content (AvgIpc) is 3.25. The molecule has 1 N–H and O–H groups in total. The van der Waals surface area contributed by atoms with Crippen molar-refractivity contribution in [1.82, 2.24) is 10.2 Å². The Morgan fingerprint density at radius 2 is 1.88 bits per heavy atom. The second kappa shape index (κ2) is 9.25. The summed E-state index contributed by atoms with van der Waals surface area (Å²) in [4.78, 5) is 0. The number of allylic oxidation sites excluding steroid dienone is 4. The van der Waals surface area contributed by atoms with E-state index in [2.05, 4.69) is 53.5 Å². The number of aromatic amines is 1. The summed E-state index contributed by atoms with van der Waals surface area (Å²) in [6.45, 7) is 4.52. The molecule has 5 rings (SSSR count). The fraction of sp³-hybridized carbons (Fsp3) is 0.179. The van der Waals surface area contributed by atoms with E-state index >= 15 is 0 Å². The lowest BCUT2D eigenvalue weighted by molar-refractivity contribution is 0.285. The molecule has 0 spiro atoms. The Morgan fingerprint density at radius 1 is 1.03 bits per heavy atom. The molecule has 0 bridgehead atoms. The predicted molar refractivity (Wildman–Crippen MR) is 129 cm³/mol. The van der Waals surface area contributed by atoms with Gasteiger partial charge < -0.3 is 14.2 Å². The van der Waals surface area contributed by atoms with Gasteiger partial charge in [-0.25, -0.2) is 0 Å². The molecule has 0 unspecified atom stereocenters. The lowest BCUT2D eigenvalue weighted by Gasteiger charge is -2.20. The highest BCUT2D eigenvalue weighted by molar-refractivity contribution is 5.81. The van der Waals surface area contributed by atoms with E-state index in [1.54, 1.807) is 12.5 Å². The van der Waals surface area contributed by atoms with E-state index in [9.17, 15) is 0 Å². The SMILES string of the molecule is Cc1ccc(OCc2ccccc2)c(-c2n[nH]c(C)c2C2=COC=C(C3=CC=CCC3)O2)c1. The molecule has 3 aromatic rings. The molecule has 2 heterocycles. The minimum Gasteiger partial charge on any atom is -0.488 e. The van der Waals surface area contributed by atoms with Crippen LogP contribution in [-0.4, -0.2) is 10.2 Å². The first-order valence-corrected chi connectivity index (χ1v) is 11.1. The average molecular weight is 439 g/mol. The molecular weight excluding hydrogens is 412 g/mol. The minimum atomic E-state index is 0.479. The molecule has 1 aromatic heterocycles. The van der Waals surface area contributed by atoms with E-state index in [1.165, 1.54) is 0 Å². The van der Waals surface area contributed by atoms with E-state index in [-0.39, 0.29) is 0 Å². The second-order valence-corrected chi connectivity index (χ2v) is 8.21. The van der Waals surface area contributed by atoms with Crippen LogP contribution >= 0.6 is 0 Å². The molecule has 2 aromatic carbocycles. The van der Waals surface area contributed by atoms with Crippen molar-refractivity contribution in [2.24, 2.45) is 0 Å². The predicted octanol–water partition coefficient (Wildman–Crippen LogP) is 6.74. The first-order valence-electron chi connectivity index (χ1n) is 11.1. The van der Waals surface area contributed by atoms with Gasteiger partial charge in [0.15, 0.2) is 11.5 Å². The number of aromatic nitrogens is 2. The van der Waals surface area contributed by atoms with Gasteiger partial charge in [-0.3, -0.25) is 5.10 Å². The molecular formula is C28H26N2O3. The summed E-state index contributed by atoms with van der Waals surface area (Å²) in [5, 5.41) is 7.75. The van der Waals surface area contributed by atoms with Crippen LogP contribution in [0.1, 0.15) is 35.2 Å². The molecule has 0 atom stereocenters. The maximum Gasteiger partial charge on any atom is 0.173 e. The van der Waals surface area contributed by atoms with E-state index in [4.69, 9.17) is 14.2 Å². The smallest absolute Gasteiger partial charge is 0.173 e. The van der Waals surface area contributed by atoms with Gasteiger partial charge >= 0.3 is 0 Å². The van der Waals surface area contributed by atoms with Gasteiger partial charge in [0, 0.05) is 11.3 Å². The molecule has 0 amide bonds. The van der Waals surface area contributed by atoms with Gasteiger partial charge in [-0.15, -0.1) is 0 Å². The van der Waals surface area contributed by atoms with E-state index in [0.717, 1.165) is 63.6 Å². The molecule has 1 aliphatic heterocycles. The number of benzene rings is 2.